The Labute approximate surface area is 146 Å². The topological polar surface area (TPSA) is 44.8 Å². The molecule has 1 atom stereocenters. The molecule has 3 rings (SSSR count). The number of carbonyl (C=O) groups is 1. The lowest BCUT2D eigenvalue weighted by atomic mass is 10.2. The minimum absolute atomic E-state index is 0.124. The van der Waals surface area contributed by atoms with Crippen molar-refractivity contribution in [2.45, 2.75) is 18.9 Å². The summed E-state index contributed by atoms with van der Waals surface area (Å²) in [5.74, 6) is 0.124. The van der Waals surface area contributed by atoms with Gasteiger partial charge in [-0.3, -0.25) is 4.79 Å². The molecule has 0 radical (unpaired) electrons. The van der Waals surface area contributed by atoms with Gasteiger partial charge in [-0.1, -0.05) is 11.6 Å². The van der Waals surface area contributed by atoms with E-state index >= 15 is 0 Å². The molecule has 2 fully saturated rings. The number of carbonyl (C=O) groups excluding carboxylic acids is 1. The van der Waals surface area contributed by atoms with Crippen molar-refractivity contribution < 1.29 is 9.53 Å². The lowest BCUT2D eigenvalue weighted by Gasteiger charge is -2.37. The number of benzene rings is 1. The second-order valence-electron chi connectivity index (χ2n) is 5.75. The van der Waals surface area contributed by atoms with Crippen LogP contribution in [0.25, 0.3) is 0 Å². The van der Waals surface area contributed by atoms with Crippen molar-refractivity contribution in [2.75, 3.05) is 38.1 Å². The van der Waals surface area contributed by atoms with Crippen LogP contribution < -0.4 is 5.32 Å². The number of amides is 1. The summed E-state index contributed by atoms with van der Waals surface area (Å²) in [7, 11) is 0. The van der Waals surface area contributed by atoms with Crippen LogP contribution in [0.2, 0.25) is 5.02 Å². The maximum atomic E-state index is 12.3. The number of nitrogens with one attached hydrogen (secondary N) is 1. The van der Waals surface area contributed by atoms with E-state index in [-0.39, 0.29) is 12.0 Å². The Hall–Kier alpha value is -1.37. The van der Waals surface area contributed by atoms with Gasteiger partial charge in [-0.2, -0.15) is 0 Å². The predicted octanol–water partition coefficient (Wildman–Crippen LogP) is 2.36. The van der Waals surface area contributed by atoms with Crippen molar-refractivity contribution in [1.29, 1.82) is 0 Å². The van der Waals surface area contributed by atoms with E-state index in [1.165, 1.54) is 0 Å². The third kappa shape index (κ3) is 4.13. The first-order valence-corrected chi connectivity index (χ1v) is 8.64. The average Bonchev–Trinajstić information content (AvgIpc) is 3.11. The van der Waals surface area contributed by atoms with Crippen LogP contribution in [0.5, 0.6) is 0 Å². The van der Waals surface area contributed by atoms with E-state index in [1.807, 2.05) is 29.2 Å². The molecular formula is C16H20ClN3O2S. The van der Waals surface area contributed by atoms with E-state index in [0.29, 0.717) is 29.8 Å². The maximum absolute atomic E-state index is 12.3. The Bertz CT molecular complexity index is 567. The molecular weight excluding hydrogens is 334 g/mol. The fourth-order valence-corrected chi connectivity index (χ4v) is 3.27. The normalized spacial score (nSPS) is 21.3. The van der Waals surface area contributed by atoms with Gasteiger partial charge in [0.15, 0.2) is 5.11 Å². The van der Waals surface area contributed by atoms with Gasteiger partial charge in [0.25, 0.3) is 5.91 Å². The lowest BCUT2D eigenvalue weighted by Crippen LogP contribution is -2.53. The van der Waals surface area contributed by atoms with Crippen LogP contribution in [0.1, 0.15) is 12.8 Å². The van der Waals surface area contributed by atoms with E-state index in [4.69, 9.17) is 28.6 Å². The van der Waals surface area contributed by atoms with E-state index in [9.17, 15) is 4.79 Å². The van der Waals surface area contributed by atoms with Crippen molar-refractivity contribution in [3.05, 3.63) is 29.3 Å². The molecule has 0 unspecified atom stereocenters. The molecule has 5 nitrogen and oxygen atoms in total. The highest BCUT2D eigenvalue weighted by atomic mass is 35.5. The van der Waals surface area contributed by atoms with E-state index < -0.39 is 0 Å². The fourth-order valence-electron chi connectivity index (χ4n) is 2.84. The summed E-state index contributed by atoms with van der Waals surface area (Å²) in [5.41, 5.74) is 0.914. The molecule has 1 aromatic carbocycles. The maximum Gasteiger partial charge on any atom is 0.251 e. The summed E-state index contributed by atoms with van der Waals surface area (Å²) in [4.78, 5) is 16.3. The zero-order valence-electron chi connectivity index (χ0n) is 12.8. The van der Waals surface area contributed by atoms with E-state index in [1.54, 1.807) is 0 Å². The first-order chi connectivity index (χ1) is 11.1. The third-order valence-corrected chi connectivity index (χ3v) is 4.79. The first-order valence-electron chi connectivity index (χ1n) is 7.85. The summed E-state index contributed by atoms with van der Waals surface area (Å²) in [6.07, 6.45) is 1.59. The Morgan fingerprint density at radius 1 is 1.17 bits per heavy atom. The molecule has 0 aliphatic carbocycles. The smallest absolute Gasteiger partial charge is 0.251 e. The number of piperazine rings is 1. The van der Waals surface area contributed by atoms with Gasteiger partial charge in [0.05, 0.1) is 0 Å². The molecule has 23 heavy (non-hydrogen) atoms. The van der Waals surface area contributed by atoms with Crippen LogP contribution >= 0.6 is 23.8 Å². The molecule has 124 valence electrons. The quantitative estimate of drug-likeness (QED) is 0.827. The highest BCUT2D eigenvalue weighted by Crippen LogP contribution is 2.17. The van der Waals surface area contributed by atoms with Crippen LogP contribution in [0.15, 0.2) is 24.3 Å². The summed E-state index contributed by atoms with van der Waals surface area (Å²) in [6.45, 7) is 3.53. The summed E-state index contributed by atoms with van der Waals surface area (Å²) in [6, 6.07) is 7.44. The average molecular weight is 354 g/mol. The molecule has 0 aromatic heterocycles. The Kier molecular flexibility index (Phi) is 5.35. The largest absolute Gasteiger partial charge is 0.368 e. The zero-order chi connectivity index (χ0) is 16.2. The Morgan fingerprint density at radius 2 is 1.83 bits per heavy atom. The number of ether oxygens (including phenoxy) is 1. The number of halogens is 1. The predicted molar refractivity (Wildman–Crippen MR) is 94.8 cm³/mol. The summed E-state index contributed by atoms with van der Waals surface area (Å²) in [5, 5.41) is 4.58. The molecule has 1 aromatic rings. The van der Waals surface area contributed by atoms with Crippen LogP contribution in [0.4, 0.5) is 5.69 Å². The van der Waals surface area contributed by atoms with Crippen molar-refractivity contribution in [1.82, 2.24) is 9.80 Å². The molecule has 1 N–H and O–H groups in total. The number of nitrogens with zero attached hydrogens (tertiary/aromatic N) is 2. The van der Waals surface area contributed by atoms with Crippen LogP contribution in [0, 0.1) is 0 Å². The van der Waals surface area contributed by atoms with Gasteiger partial charge in [-0.15, -0.1) is 0 Å². The van der Waals surface area contributed by atoms with Crippen LogP contribution in [-0.4, -0.2) is 59.7 Å². The summed E-state index contributed by atoms with van der Waals surface area (Å²) >= 11 is 11.3. The first kappa shape index (κ1) is 16.5. The molecule has 0 spiro atoms. The summed E-state index contributed by atoms with van der Waals surface area (Å²) < 4.78 is 5.48. The molecule has 2 heterocycles. The van der Waals surface area contributed by atoms with Gasteiger partial charge >= 0.3 is 0 Å². The van der Waals surface area contributed by atoms with Gasteiger partial charge in [0, 0.05) is 43.5 Å². The molecule has 0 bridgehead atoms. The number of hydrogen-bond donors (Lipinski definition) is 1. The van der Waals surface area contributed by atoms with E-state index in [2.05, 4.69) is 10.2 Å². The van der Waals surface area contributed by atoms with E-state index in [0.717, 1.165) is 31.6 Å². The molecule has 7 heteroatoms. The second kappa shape index (κ2) is 7.47. The fraction of sp³-hybridized carbons (Fsp3) is 0.500. The molecule has 2 aliphatic heterocycles. The van der Waals surface area contributed by atoms with Crippen molar-refractivity contribution >= 4 is 40.5 Å². The lowest BCUT2D eigenvalue weighted by molar-refractivity contribution is -0.142. The third-order valence-electron chi connectivity index (χ3n) is 4.18. The van der Waals surface area contributed by atoms with Crippen molar-refractivity contribution in [3.8, 4) is 0 Å². The minimum atomic E-state index is -0.235. The Morgan fingerprint density at radius 3 is 2.43 bits per heavy atom. The van der Waals surface area contributed by atoms with Crippen LogP contribution in [-0.2, 0) is 9.53 Å². The standard InChI is InChI=1S/C16H20ClN3O2S/c17-12-3-5-13(6-4-12)18-16(23)20-9-7-19(8-10-20)15(21)14-2-1-11-22-14/h3-6,14H,1-2,7-11H2,(H,18,23)/t14-/m1/s1. The van der Waals surface area contributed by atoms with Gasteiger partial charge < -0.3 is 19.9 Å². The zero-order valence-corrected chi connectivity index (χ0v) is 14.4. The van der Waals surface area contributed by atoms with Crippen molar-refractivity contribution in [3.63, 3.8) is 0 Å². The molecule has 2 saturated heterocycles. The number of hydrogen-bond acceptors (Lipinski definition) is 3. The number of thiocarbonyl (C=S) groups is 1. The monoisotopic (exact) mass is 353 g/mol. The SMILES string of the molecule is O=C([C@H]1CCCO1)N1CCN(C(=S)Nc2ccc(Cl)cc2)CC1. The minimum Gasteiger partial charge on any atom is -0.368 e. The van der Waals surface area contributed by atoms with Gasteiger partial charge in [0.1, 0.15) is 6.10 Å². The second-order valence-corrected chi connectivity index (χ2v) is 6.57. The van der Waals surface area contributed by atoms with Gasteiger partial charge in [-0.05, 0) is 49.3 Å². The molecule has 2 aliphatic rings. The van der Waals surface area contributed by atoms with Crippen molar-refractivity contribution in [2.24, 2.45) is 0 Å². The Balaban J connectivity index is 1.49. The number of rotatable bonds is 2. The van der Waals surface area contributed by atoms with Crippen LogP contribution in [0.3, 0.4) is 0 Å². The highest BCUT2D eigenvalue weighted by Gasteiger charge is 2.30. The van der Waals surface area contributed by atoms with Gasteiger partial charge in [0.2, 0.25) is 0 Å². The highest BCUT2D eigenvalue weighted by molar-refractivity contribution is 7.80. The van der Waals surface area contributed by atoms with Gasteiger partial charge in [-0.25, -0.2) is 0 Å². The number of anilines is 1. The molecule has 0 saturated carbocycles. The molecule has 1 amide bonds.